The summed E-state index contributed by atoms with van der Waals surface area (Å²) in [5.74, 6) is 1.05. The van der Waals surface area contributed by atoms with E-state index < -0.39 is 11.7 Å². The maximum Gasteiger partial charge on any atom is 0.417 e. The molecule has 3 aromatic heterocycles. The molecule has 0 saturated heterocycles. The molecule has 0 amide bonds. The minimum atomic E-state index is -4.41. The van der Waals surface area contributed by atoms with Gasteiger partial charge in [-0.2, -0.15) is 13.2 Å². The van der Waals surface area contributed by atoms with E-state index in [1.165, 1.54) is 11.8 Å². The Bertz CT molecular complexity index is 780. The van der Waals surface area contributed by atoms with Crippen molar-refractivity contribution in [3.63, 3.8) is 0 Å². The Labute approximate surface area is 128 Å². The number of halogens is 3. The Morgan fingerprint density at radius 2 is 2.09 bits per heavy atom. The van der Waals surface area contributed by atoms with Gasteiger partial charge in [-0.3, -0.25) is 4.98 Å². The predicted octanol–water partition coefficient (Wildman–Crippen LogP) is 4.15. The molecule has 3 rings (SSSR count). The second kappa shape index (κ2) is 5.60. The van der Waals surface area contributed by atoms with Crippen LogP contribution in [0.5, 0.6) is 0 Å². The first-order valence-corrected chi connectivity index (χ1v) is 7.48. The fourth-order valence-electron chi connectivity index (χ4n) is 2.00. The van der Waals surface area contributed by atoms with Crippen molar-refractivity contribution in [3.8, 4) is 11.5 Å². The van der Waals surface area contributed by atoms with Crippen molar-refractivity contribution in [1.29, 1.82) is 0 Å². The first kappa shape index (κ1) is 14.8. The van der Waals surface area contributed by atoms with Gasteiger partial charge in [0.15, 0.2) is 11.5 Å². The molecule has 8 heteroatoms. The Morgan fingerprint density at radius 1 is 1.27 bits per heavy atom. The number of alkyl halides is 3. The molecule has 0 unspecified atom stereocenters. The van der Waals surface area contributed by atoms with Crippen molar-refractivity contribution in [2.75, 3.05) is 5.75 Å². The molecule has 0 fully saturated rings. The lowest BCUT2D eigenvalue weighted by Crippen LogP contribution is -2.06. The zero-order valence-corrected chi connectivity index (χ0v) is 12.3. The molecule has 4 nitrogen and oxygen atoms in total. The van der Waals surface area contributed by atoms with E-state index >= 15 is 0 Å². The lowest BCUT2D eigenvalue weighted by atomic mass is 10.2. The Kier molecular flexibility index (Phi) is 3.78. The maximum atomic E-state index is 12.8. The van der Waals surface area contributed by atoms with Crippen molar-refractivity contribution in [1.82, 2.24) is 19.9 Å². The lowest BCUT2D eigenvalue weighted by Gasteiger charge is -2.10. The Morgan fingerprint density at radius 3 is 2.77 bits per heavy atom. The van der Waals surface area contributed by atoms with E-state index in [9.17, 15) is 13.2 Å². The van der Waals surface area contributed by atoms with Gasteiger partial charge < -0.3 is 4.98 Å². The van der Waals surface area contributed by atoms with Crippen LogP contribution in [-0.4, -0.2) is 25.7 Å². The van der Waals surface area contributed by atoms with E-state index in [0.29, 0.717) is 33.3 Å². The summed E-state index contributed by atoms with van der Waals surface area (Å²) in [6, 6.07) is 4.67. The number of thioether (sulfide) groups is 1. The first-order valence-electron chi connectivity index (χ1n) is 6.50. The van der Waals surface area contributed by atoms with E-state index in [2.05, 4.69) is 19.9 Å². The molecule has 0 saturated carbocycles. The number of aromatic nitrogens is 4. The van der Waals surface area contributed by atoms with Crippen LogP contribution in [0.1, 0.15) is 12.5 Å². The van der Waals surface area contributed by atoms with E-state index in [4.69, 9.17) is 0 Å². The summed E-state index contributed by atoms with van der Waals surface area (Å²) in [6.45, 7) is 1.87. The number of rotatable bonds is 3. The highest BCUT2D eigenvalue weighted by molar-refractivity contribution is 7.99. The summed E-state index contributed by atoms with van der Waals surface area (Å²) in [6.07, 6.45) is -1.98. The van der Waals surface area contributed by atoms with Gasteiger partial charge in [0.1, 0.15) is 5.69 Å². The topological polar surface area (TPSA) is 54.5 Å². The summed E-state index contributed by atoms with van der Waals surface area (Å²) in [7, 11) is 0. The van der Waals surface area contributed by atoms with Gasteiger partial charge in [-0.05, 0) is 24.0 Å². The molecule has 114 valence electrons. The average Bonchev–Trinajstić information content (AvgIpc) is 2.90. The van der Waals surface area contributed by atoms with Crippen LogP contribution in [0.3, 0.4) is 0 Å². The number of nitrogens with one attached hydrogen (secondary N) is 1. The van der Waals surface area contributed by atoms with Crippen molar-refractivity contribution in [3.05, 3.63) is 36.2 Å². The number of fused-ring (bicyclic) bond motifs is 1. The lowest BCUT2D eigenvalue weighted by molar-refractivity contribution is -0.138. The molecule has 0 aliphatic rings. The van der Waals surface area contributed by atoms with Crippen molar-refractivity contribution in [2.24, 2.45) is 0 Å². The van der Waals surface area contributed by atoms with Gasteiger partial charge in [0.05, 0.1) is 11.1 Å². The largest absolute Gasteiger partial charge is 0.417 e. The third-order valence-corrected chi connectivity index (χ3v) is 3.87. The van der Waals surface area contributed by atoms with Gasteiger partial charge in [0.25, 0.3) is 0 Å². The molecule has 0 spiro atoms. The molecular weight excluding hydrogens is 313 g/mol. The standard InChI is InChI=1S/C14H11F3N4S/c1-2-22-10-6-8(14(15,16)17)7-19-11(10)13-20-9-4-3-5-18-12(9)21-13/h3-7H,2H2,1H3,(H,18,20,21). The molecule has 1 N–H and O–H groups in total. The molecule has 0 radical (unpaired) electrons. The van der Waals surface area contributed by atoms with Crippen LogP contribution in [0.4, 0.5) is 13.2 Å². The number of hydrogen-bond donors (Lipinski definition) is 1. The minimum absolute atomic E-state index is 0.401. The van der Waals surface area contributed by atoms with Gasteiger partial charge in [-0.25, -0.2) is 9.97 Å². The van der Waals surface area contributed by atoms with Crippen molar-refractivity contribution in [2.45, 2.75) is 18.0 Å². The van der Waals surface area contributed by atoms with Crippen LogP contribution in [-0.2, 0) is 6.18 Å². The molecule has 0 aliphatic heterocycles. The number of imidazole rings is 1. The van der Waals surface area contributed by atoms with Crippen LogP contribution in [0.15, 0.2) is 35.5 Å². The molecule has 3 heterocycles. The Balaban J connectivity index is 2.12. The van der Waals surface area contributed by atoms with Crippen LogP contribution in [0.25, 0.3) is 22.7 Å². The molecular formula is C14H11F3N4S. The number of hydrogen-bond acceptors (Lipinski definition) is 4. The fraction of sp³-hybridized carbons (Fsp3) is 0.214. The first-order chi connectivity index (χ1) is 10.5. The quantitative estimate of drug-likeness (QED) is 0.735. The van der Waals surface area contributed by atoms with Crippen LogP contribution in [0, 0.1) is 0 Å². The predicted molar refractivity (Wildman–Crippen MR) is 78.5 cm³/mol. The normalized spacial score (nSPS) is 12.0. The number of aromatic amines is 1. The Hall–Kier alpha value is -2.09. The summed E-state index contributed by atoms with van der Waals surface area (Å²) >= 11 is 1.29. The molecule has 0 atom stereocenters. The zero-order valence-electron chi connectivity index (χ0n) is 11.5. The third-order valence-electron chi connectivity index (χ3n) is 2.96. The van der Waals surface area contributed by atoms with E-state index in [1.807, 2.05) is 6.92 Å². The molecule has 0 aliphatic carbocycles. The molecule has 22 heavy (non-hydrogen) atoms. The second-order valence-corrected chi connectivity index (χ2v) is 5.77. The van der Waals surface area contributed by atoms with Crippen LogP contribution < -0.4 is 0 Å². The third kappa shape index (κ3) is 2.78. The zero-order chi connectivity index (χ0) is 15.7. The molecule has 3 aromatic rings. The SMILES string of the molecule is CCSc1cc(C(F)(F)F)cnc1-c1nc2ncccc2[nH]1. The minimum Gasteiger partial charge on any atom is -0.335 e. The summed E-state index contributed by atoms with van der Waals surface area (Å²) in [5, 5.41) is 0. The van der Waals surface area contributed by atoms with Gasteiger partial charge >= 0.3 is 6.18 Å². The number of nitrogens with zero attached hydrogens (tertiary/aromatic N) is 3. The smallest absolute Gasteiger partial charge is 0.335 e. The van der Waals surface area contributed by atoms with E-state index in [-0.39, 0.29) is 0 Å². The molecule has 0 bridgehead atoms. The van der Waals surface area contributed by atoms with Crippen LogP contribution >= 0.6 is 11.8 Å². The van der Waals surface area contributed by atoms with Gasteiger partial charge in [0, 0.05) is 17.3 Å². The summed E-state index contributed by atoms with van der Waals surface area (Å²) in [5.41, 5.74) is 0.859. The van der Waals surface area contributed by atoms with Crippen LogP contribution in [0.2, 0.25) is 0 Å². The average molecular weight is 324 g/mol. The number of pyridine rings is 2. The second-order valence-electron chi connectivity index (χ2n) is 4.46. The molecule has 0 aromatic carbocycles. The van der Waals surface area contributed by atoms with Gasteiger partial charge in [-0.15, -0.1) is 11.8 Å². The van der Waals surface area contributed by atoms with Gasteiger partial charge in [-0.1, -0.05) is 6.92 Å². The maximum absolute atomic E-state index is 12.8. The summed E-state index contributed by atoms with van der Waals surface area (Å²) in [4.78, 5) is 15.8. The highest BCUT2D eigenvalue weighted by atomic mass is 32.2. The summed E-state index contributed by atoms with van der Waals surface area (Å²) < 4.78 is 38.5. The van der Waals surface area contributed by atoms with Gasteiger partial charge in [0.2, 0.25) is 0 Å². The van der Waals surface area contributed by atoms with E-state index in [1.54, 1.807) is 18.3 Å². The highest BCUT2D eigenvalue weighted by Crippen LogP contribution is 2.35. The van der Waals surface area contributed by atoms with Crippen molar-refractivity contribution < 1.29 is 13.2 Å². The fourth-order valence-corrected chi connectivity index (χ4v) is 2.81. The van der Waals surface area contributed by atoms with E-state index in [0.717, 1.165) is 12.3 Å². The highest BCUT2D eigenvalue weighted by Gasteiger charge is 2.32. The van der Waals surface area contributed by atoms with Crippen molar-refractivity contribution >= 4 is 22.9 Å². The monoisotopic (exact) mass is 324 g/mol. The number of H-pyrrole nitrogens is 1.